The molecule has 0 atom stereocenters. The van der Waals surface area contributed by atoms with Gasteiger partial charge in [0, 0.05) is 17.1 Å². The highest BCUT2D eigenvalue weighted by Crippen LogP contribution is 2.23. The molecule has 2 aromatic heterocycles. The fourth-order valence-electron chi connectivity index (χ4n) is 1.32. The Balaban J connectivity index is 2.81. The third kappa shape index (κ3) is 1.07. The van der Waals surface area contributed by atoms with Gasteiger partial charge in [0.1, 0.15) is 0 Å². The molecule has 0 radical (unpaired) electrons. The fourth-order valence-corrected chi connectivity index (χ4v) is 1.32. The van der Waals surface area contributed by atoms with Crippen LogP contribution in [0.15, 0.2) is 22.9 Å². The van der Waals surface area contributed by atoms with Gasteiger partial charge in [0.15, 0.2) is 11.3 Å². The smallest absolute Gasteiger partial charge is 0.284 e. The Labute approximate surface area is 74.4 Å². The number of amides is 1. The second-order valence-corrected chi connectivity index (χ2v) is 2.79. The fraction of sp³-hybridized carbons (Fsp3) is 0.111. The average molecular weight is 176 g/mol. The molecule has 13 heavy (non-hydrogen) atoms. The first-order valence-electron chi connectivity index (χ1n) is 3.83. The van der Waals surface area contributed by atoms with Crippen molar-refractivity contribution in [3.63, 3.8) is 0 Å². The van der Waals surface area contributed by atoms with Gasteiger partial charge in [-0.1, -0.05) is 0 Å². The summed E-state index contributed by atoms with van der Waals surface area (Å²) < 4.78 is 5.22. The highest BCUT2D eigenvalue weighted by atomic mass is 16.3. The molecule has 2 aromatic rings. The van der Waals surface area contributed by atoms with Gasteiger partial charge in [0.05, 0.1) is 6.20 Å². The van der Waals surface area contributed by atoms with Crippen molar-refractivity contribution in [3.05, 3.63) is 29.8 Å². The van der Waals surface area contributed by atoms with Crippen LogP contribution in [0.25, 0.3) is 11.0 Å². The number of carbonyl (C=O) groups excluding carboxylic acids is 1. The molecule has 0 unspecified atom stereocenters. The number of nitrogens with two attached hydrogens (primary N) is 1. The number of pyridine rings is 1. The normalized spacial score (nSPS) is 10.5. The van der Waals surface area contributed by atoms with E-state index in [9.17, 15) is 4.79 Å². The maximum Gasteiger partial charge on any atom is 0.284 e. The summed E-state index contributed by atoms with van der Waals surface area (Å²) in [4.78, 5) is 14.8. The largest absolute Gasteiger partial charge is 0.449 e. The van der Waals surface area contributed by atoms with Crippen LogP contribution in [-0.2, 0) is 0 Å². The van der Waals surface area contributed by atoms with Gasteiger partial charge in [-0.25, -0.2) is 0 Å². The van der Waals surface area contributed by atoms with Crippen LogP contribution in [0.1, 0.15) is 16.1 Å². The number of fused-ring (bicyclic) bond motifs is 1. The maximum atomic E-state index is 10.9. The molecule has 2 heterocycles. The minimum Gasteiger partial charge on any atom is -0.449 e. The van der Waals surface area contributed by atoms with Gasteiger partial charge in [-0.15, -0.1) is 0 Å². The topological polar surface area (TPSA) is 69.1 Å². The molecule has 0 aliphatic rings. The van der Waals surface area contributed by atoms with E-state index in [1.165, 1.54) is 0 Å². The summed E-state index contributed by atoms with van der Waals surface area (Å²) in [6, 6.07) is 1.79. The number of furan rings is 1. The Morgan fingerprint density at radius 3 is 3.00 bits per heavy atom. The summed E-state index contributed by atoms with van der Waals surface area (Å²) in [6.07, 6.45) is 3.21. The number of primary amides is 1. The second-order valence-electron chi connectivity index (χ2n) is 2.79. The lowest BCUT2D eigenvalue weighted by Gasteiger charge is -1.88. The molecule has 0 saturated heterocycles. The van der Waals surface area contributed by atoms with Crippen molar-refractivity contribution in [1.82, 2.24) is 4.98 Å². The van der Waals surface area contributed by atoms with Crippen molar-refractivity contribution in [3.8, 4) is 0 Å². The first-order chi connectivity index (χ1) is 6.20. The van der Waals surface area contributed by atoms with Crippen LogP contribution in [-0.4, -0.2) is 10.9 Å². The van der Waals surface area contributed by atoms with Crippen molar-refractivity contribution in [2.24, 2.45) is 5.73 Å². The van der Waals surface area contributed by atoms with Crippen molar-refractivity contribution in [2.45, 2.75) is 6.92 Å². The van der Waals surface area contributed by atoms with E-state index in [0.717, 1.165) is 10.9 Å². The SMILES string of the molecule is Cc1c(C(N)=O)oc2cnccc12. The molecule has 1 amide bonds. The van der Waals surface area contributed by atoms with Gasteiger partial charge in [-0.05, 0) is 13.0 Å². The zero-order chi connectivity index (χ0) is 9.42. The van der Waals surface area contributed by atoms with Gasteiger partial charge in [-0.2, -0.15) is 0 Å². The molecule has 0 fully saturated rings. The average Bonchev–Trinajstić information content (AvgIpc) is 2.45. The van der Waals surface area contributed by atoms with E-state index in [2.05, 4.69) is 4.98 Å². The Morgan fingerprint density at radius 1 is 1.62 bits per heavy atom. The zero-order valence-electron chi connectivity index (χ0n) is 7.07. The molecule has 2 N–H and O–H groups in total. The van der Waals surface area contributed by atoms with Crippen LogP contribution in [0.3, 0.4) is 0 Å². The second kappa shape index (κ2) is 2.58. The molecule has 0 aliphatic heterocycles. The standard InChI is InChI=1S/C9H8N2O2/c1-5-6-2-3-11-4-7(6)13-8(5)9(10)12/h2-4H,1H3,(H2,10,12). The van der Waals surface area contributed by atoms with E-state index in [4.69, 9.17) is 10.2 Å². The molecule has 0 saturated carbocycles. The number of aryl methyl sites for hydroxylation is 1. The Bertz CT molecular complexity index is 473. The number of aromatic nitrogens is 1. The summed E-state index contributed by atoms with van der Waals surface area (Å²) in [7, 11) is 0. The Hall–Kier alpha value is -1.84. The van der Waals surface area contributed by atoms with Crippen LogP contribution < -0.4 is 5.73 Å². The summed E-state index contributed by atoms with van der Waals surface area (Å²) in [5.41, 5.74) is 6.49. The highest BCUT2D eigenvalue weighted by Gasteiger charge is 2.13. The molecule has 2 rings (SSSR count). The molecular weight excluding hydrogens is 168 g/mol. The third-order valence-corrected chi connectivity index (χ3v) is 1.96. The van der Waals surface area contributed by atoms with Gasteiger partial charge in [0.2, 0.25) is 0 Å². The summed E-state index contributed by atoms with van der Waals surface area (Å²) in [6.45, 7) is 1.80. The van der Waals surface area contributed by atoms with E-state index >= 15 is 0 Å². The van der Waals surface area contributed by atoms with Crippen LogP contribution in [0.4, 0.5) is 0 Å². The molecule has 4 nitrogen and oxygen atoms in total. The quantitative estimate of drug-likeness (QED) is 0.710. The molecule has 66 valence electrons. The Kier molecular flexibility index (Phi) is 1.55. The van der Waals surface area contributed by atoms with Crippen molar-refractivity contribution in [1.29, 1.82) is 0 Å². The van der Waals surface area contributed by atoms with E-state index < -0.39 is 5.91 Å². The van der Waals surface area contributed by atoms with E-state index in [1.807, 2.05) is 0 Å². The maximum absolute atomic E-state index is 10.9. The number of nitrogens with zero attached hydrogens (tertiary/aromatic N) is 1. The number of hydrogen-bond donors (Lipinski definition) is 1. The van der Waals surface area contributed by atoms with Crippen LogP contribution in [0.2, 0.25) is 0 Å². The van der Waals surface area contributed by atoms with Crippen molar-refractivity contribution >= 4 is 16.9 Å². The zero-order valence-corrected chi connectivity index (χ0v) is 7.07. The summed E-state index contributed by atoms with van der Waals surface area (Å²) >= 11 is 0. The molecular formula is C9H8N2O2. The van der Waals surface area contributed by atoms with Gasteiger partial charge in [0.25, 0.3) is 5.91 Å². The summed E-state index contributed by atoms with van der Waals surface area (Å²) in [5.74, 6) is -0.336. The van der Waals surface area contributed by atoms with Crippen molar-refractivity contribution < 1.29 is 9.21 Å². The molecule has 0 aliphatic carbocycles. The lowest BCUT2D eigenvalue weighted by Crippen LogP contribution is -2.10. The third-order valence-electron chi connectivity index (χ3n) is 1.96. The highest BCUT2D eigenvalue weighted by molar-refractivity contribution is 5.97. The minimum absolute atomic E-state index is 0.211. The number of rotatable bonds is 1. The van der Waals surface area contributed by atoms with Crippen LogP contribution in [0.5, 0.6) is 0 Å². The predicted molar refractivity (Wildman–Crippen MR) is 47.3 cm³/mol. The first-order valence-corrected chi connectivity index (χ1v) is 3.83. The van der Waals surface area contributed by atoms with Gasteiger partial charge >= 0.3 is 0 Å². The summed E-state index contributed by atoms with van der Waals surface area (Å²) in [5, 5.41) is 0.879. The lowest BCUT2D eigenvalue weighted by molar-refractivity contribution is 0.0975. The van der Waals surface area contributed by atoms with E-state index in [0.29, 0.717) is 5.58 Å². The van der Waals surface area contributed by atoms with E-state index in [1.54, 1.807) is 25.4 Å². The van der Waals surface area contributed by atoms with Crippen LogP contribution in [0, 0.1) is 6.92 Å². The van der Waals surface area contributed by atoms with Crippen molar-refractivity contribution in [2.75, 3.05) is 0 Å². The van der Waals surface area contributed by atoms with Crippen LogP contribution >= 0.6 is 0 Å². The number of carbonyl (C=O) groups is 1. The van der Waals surface area contributed by atoms with Gasteiger partial charge < -0.3 is 10.2 Å². The van der Waals surface area contributed by atoms with E-state index in [-0.39, 0.29) is 5.76 Å². The molecule has 0 aromatic carbocycles. The molecule has 0 spiro atoms. The minimum atomic E-state index is -0.547. The molecule has 4 heteroatoms. The monoisotopic (exact) mass is 176 g/mol. The first kappa shape index (κ1) is 7.79. The number of hydrogen-bond acceptors (Lipinski definition) is 3. The van der Waals surface area contributed by atoms with Gasteiger partial charge in [-0.3, -0.25) is 9.78 Å². The molecule has 0 bridgehead atoms. The lowest BCUT2D eigenvalue weighted by atomic mass is 10.2. The predicted octanol–water partition coefficient (Wildman–Crippen LogP) is 1.24. The Morgan fingerprint density at radius 2 is 2.38 bits per heavy atom.